The molecule has 0 N–H and O–H groups in total. The van der Waals surface area contributed by atoms with Crippen molar-refractivity contribution in [3.8, 4) is 0 Å². The Morgan fingerprint density at radius 3 is 2.50 bits per heavy atom. The number of alkyl halides is 3. The lowest BCUT2D eigenvalue weighted by atomic mass is 10.4. The molecule has 0 aliphatic rings. The normalized spacial score (nSPS) is 11.8. The maximum Gasteiger partial charge on any atom is 0.406 e. The first-order valence-corrected chi connectivity index (χ1v) is 4.50. The van der Waals surface area contributed by atoms with Crippen molar-refractivity contribution in [1.29, 1.82) is 0 Å². The molecule has 0 aromatic carbocycles. The van der Waals surface area contributed by atoms with E-state index in [9.17, 15) is 22.4 Å². The van der Waals surface area contributed by atoms with Crippen LogP contribution in [0.25, 0.3) is 0 Å². The van der Waals surface area contributed by atoms with Crippen LogP contribution in [0.2, 0.25) is 0 Å². The van der Waals surface area contributed by atoms with Crippen LogP contribution in [0.5, 0.6) is 0 Å². The second-order valence-corrected chi connectivity index (χ2v) is 3.69. The molecule has 0 bridgehead atoms. The number of hydrogen-bond donors (Lipinski definition) is 0. The minimum atomic E-state index is -4.52. The second kappa shape index (κ2) is 3.87. The van der Waals surface area contributed by atoms with Crippen molar-refractivity contribution in [1.82, 2.24) is 4.57 Å². The average Bonchev–Trinajstić information content (AvgIpc) is 2.04. The summed E-state index contributed by atoms with van der Waals surface area (Å²) in [5, 5.41) is 0. The van der Waals surface area contributed by atoms with Gasteiger partial charge < -0.3 is 4.57 Å². The van der Waals surface area contributed by atoms with Gasteiger partial charge >= 0.3 is 6.18 Å². The first kappa shape index (κ1) is 11.5. The number of nitrogens with zero attached hydrogens (tertiary/aromatic N) is 1. The topological polar surface area (TPSA) is 22.0 Å². The molecule has 0 fully saturated rings. The maximum absolute atomic E-state index is 12.9. The van der Waals surface area contributed by atoms with Crippen LogP contribution in [0, 0.1) is 9.39 Å². The van der Waals surface area contributed by atoms with Crippen LogP contribution >= 0.6 is 22.6 Å². The van der Waals surface area contributed by atoms with E-state index < -0.39 is 24.1 Å². The molecule has 0 radical (unpaired) electrons. The zero-order chi connectivity index (χ0) is 10.9. The quantitative estimate of drug-likeness (QED) is 0.574. The SMILES string of the molecule is O=c1c(F)c(I)ccn1CC(F)(F)F. The Kier molecular flexibility index (Phi) is 3.17. The average molecular weight is 321 g/mol. The van der Waals surface area contributed by atoms with Crippen molar-refractivity contribution in [3.63, 3.8) is 0 Å². The van der Waals surface area contributed by atoms with E-state index >= 15 is 0 Å². The third-order valence-electron chi connectivity index (χ3n) is 1.41. The summed E-state index contributed by atoms with van der Waals surface area (Å²) in [5.74, 6) is -1.16. The molecule has 78 valence electrons. The largest absolute Gasteiger partial charge is 0.406 e. The molecule has 0 saturated heterocycles. The first-order chi connectivity index (χ1) is 6.31. The molecule has 1 rings (SSSR count). The Balaban J connectivity index is 3.13. The van der Waals surface area contributed by atoms with Gasteiger partial charge in [0, 0.05) is 6.20 Å². The number of aromatic nitrogens is 1. The van der Waals surface area contributed by atoms with Gasteiger partial charge in [0.1, 0.15) is 6.54 Å². The predicted octanol–water partition coefficient (Wildman–Crippen LogP) is 2.15. The molecule has 0 spiro atoms. The summed E-state index contributed by atoms with van der Waals surface area (Å²) in [7, 11) is 0. The summed E-state index contributed by atoms with van der Waals surface area (Å²) >= 11 is 1.53. The van der Waals surface area contributed by atoms with Crippen LogP contribution in [0.3, 0.4) is 0 Å². The third-order valence-corrected chi connectivity index (χ3v) is 2.24. The molecular formula is C7H4F4INO. The van der Waals surface area contributed by atoms with Crippen molar-refractivity contribution in [2.75, 3.05) is 0 Å². The Bertz CT molecular complexity index is 398. The highest BCUT2D eigenvalue weighted by atomic mass is 127. The van der Waals surface area contributed by atoms with Crippen LogP contribution in [0.4, 0.5) is 17.6 Å². The molecule has 0 aliphatic heterocycles. The molecular weight excluding hydrogens is 317 g/mol. The molecule has 0 unspecified atom stereocenters. The van der Waals surface area contributed by atoms with Crippen LogP contribution < -0.4 is 5.56 Å². The number of hydrogen-bond acceptors (Lipinski definition) is 1. The fourth-order valence-electron chi connectivity index (χ4n) is 0.842. The summed E-state index contributed by atoms with van der Waals surface area (Å²) in [5.41, 5.74) is -1.26. The molecule has 1 aromatic rings. The van der Waals surface area contributed by atoms with E-state index in [0.717, 1.165) is 12.3 Å². The zero-order valence-corrected chi connectivity index (χ0v) is 8.76. The maximum atomic E-state index is 12.9. The van der Waals surface area contributed by atoms with Crippen molar-refractivity contribution in [2.24, 2.45) is 0 Å². The fraction of sp³-hybridized carbons (Fsp3) is 0.286. The van der Waals surface area contributed by atoms with Crippen molar-refractivity contribution >= 4 is 22.6 Å². The smallest absolute Gasteiger partial charge is 0.304 e. The minimum Gasteiger partial charge on any atom is -0.304 e. The second-order valence-electron chi connectivity index (χ2n) is 2.53. The molecule has 1 heterocycles. The van der Waals surface area contributed by atoms with E-state index in [1.54, 1.807) is 0 Å². The molecule has 1 aromatic heterocycles. The van der Waals surface area contributed by atoms with Crippen molar-refractivity contribution < 1.29 is 17.6 Å². The lowest BCUT2D eigenvalue weighted by Crippen LogP contribution is -2.29. The monoisotopic (exact) mass is 321 g/mol. The standard InChI is InChI=1S/C7H4F4INO/c8-5-4(12)1-2-13(6(5)14)3-7(9,10)11/h1-2H,3H2. The van der Waals surface area contributed by atoms with Crippen LogP contribution in [0.1, 0.15) is 0 Å². The van der Waals surface area contributed by atoms with Crippen molar-refractivity contribution in [2.45, 2.75) is 12.7 Å². The molecule has 0 amide bonds. The summed E-state index contributed by atoms with van der Waals surface area (Å²) in [4.78, 5) is 11.0. The van der Waals surface area contributed by atoms with E-state index in [0.29, 0.717) is 0 Å². The highest BCUT2D eigenvalue weighted by Gasteiger charge is 2.28. The van der Waals surface area contributed by atoms with Gasteiger partial charge in [0.05, 0.1) is 3.57 Å². The molecule has 0 atom stereocenters. The van der Waals surface area contributed by atoms with Gasteiger partial charge in [0.25, 0.3) is 5.56 Å². The summed E-state index contributed by atoms with van der Waals surface area (Å²) in [6, 6.07) is 1.11. The summed E-state index contributed by atoms with van der Waals surface area (Å²) in [6.45, 7) is -1.47. The van der Waals surface area contributed by atoms with Gasteiger partial charge in [-0.1, -0.05) is 0 Å². The van der Waals surface area contributed by atoms with Gasteiger partial charge in [-0.15, -0.1) is 0 Å². The lowest BCUT2D eigenvalue weighted by molar-refractivity contribution is -0.141. The van der Waals surface area contributed by atoms with Crippen molar-refractivity contribution in [3.05, 3.63) is 32.0 Å². The van der Waals surface area contributed by atoms with Crippen LogP contribution in [-0.2, 0) is 6.54 Å². The van der Waals surface area contributed by atoms with Crippen LogP contribution in [-0.4, -0.2) is 10.7 Å². The first-order valence-electron chi connectivity index (χ1n) is 3.42. The van der Waals surface area contributed by atoms with E-state index in [2.05, 4.69) is 0 Å². The number of pyridine rings is 1. The molecule has 7 heteroatoms. The van der Waals surface area contributed by atoms with E-state index in [1.165, 1.54) is 22.6 Å². The summed E-state index contributed by atoms with van der Waals surface area (Å²) < 4.78 is 48.8. The summed E-state index contributed by atoms with van der Waals surface area (Å²) in [6.07, 6.45) is -3.61. The van der Waals surface area contributed by atoms with Gasteiger partial charge in [-0.25, -0.2) is 0 Å². The Labute approximate surface area is 89.7 Å². The Morgan fingerprint density at radius 2 is 2.00 bits per heavy atom. The Hall–Kier alpha value is -0.600. The van der Waals surface area contributed by atoms with E-state index in [1.807, 2.05) is 0 Å². The highest BCUT2D eigenvalue weighted by molar-refractivity contribution is 14.1. The fourth-order valence-corrected chi connectivity index (χ4v) is 1.23. The zero-order valence-electron chi connectivity index (χ0n) is 6.61. The van der Waals surface area contributed by atoms with Gasteiger partial charge in [-0.05, 0) is 28.7 Å². The van der Waals surface area contributed by atoms with Gasteiger partial charge in [0.2, 0.25) is 5.82 Å². The lowest BCUT2D eigenvalue weighted by Gasteiger charge is -2.09. The van der Waals surface area contributed by atoms with Gasteiger partial charge in [-0.2, -0.15) is 17.6 Å². The van der Waals surface area contributed by atoms with E-state index in [-0.39, 0.29) is 8.14 Å². The minimum absolute atomic E-state index is 0.00558. The molecule has 0 aliphatic carbocycles. The predicted molar refractivity (Wildman–Crippen MR) is 49.4 cm³/mol. The van der Waals surface area contributed by atoms with Gasteiger partial charge in [0.15, 0.2) is 0 Å². The van der Waals surface area contributed by atoms with Crippen LogP contribution in [0.15, 0.2) is 17.1 Å². The highest BCUT2D eigenvalue weighted by Crippen LogP contribution is 2.16. The van der Waals surface area contributed by atoms with E-state index in [4.69, 9.17) is 0 Å². The third kappa shape index (κ3) is 2.69. The molecule has 0 saturated carbocycles. The number of rotatable bonds is 1. The Morgan fingerprint density at radius 1 is 1.43 bits per heavy atom. The molecule has 14 heavy (non-hydrogen) atoms. The van der Waals surface area contributed by atoms with Gasteiger partial charge in [-0.3, -0.25) is 4.79 Å². The molecule has 2 nitrogen and oxygen atoms in total. The number of halogens is 5.